The summed E-state index contributed by atoms with van der Waals surface area (Å²) < 4.78 is 25.8. The monoisotopic (exact) mass is 461 g/mol. The van der Waals surface area contributed by atoms with E-state index in [1.54, 1.807) is 0 Å². The molecule has 1 aliphatic heterocycles. The number of hydrogen-bond acceptors (Lipinski definition) is 5. The molecule has 1 saturated heterocycles. The average Bonchev–Trinajstić information content (AvgIpc) is 3.48. The van der Waals surface area contributed by atoms with Gasteiger partial charge in [0.15, 0.2) is 5.58 Å². The number of benzene rings is 4. The smallest absolute Gasteiger partial charge is 0.456 e. The Morgan fingerprint density at radius 2 is 1.40 bits per heavy atom. The molecule has 5 nitrogen and oxygen atoms in total. The maximum absolute atomic E-state index is 6.46. The molecule has 6 aromatic rings. The van der Waals surface area contributed by atoms with Crippen LogP contribution in [0.5, 0.6) is 0 Å². The maximum Gasteiger partial charge on any atom is 0.502 e. The van der Waals surface area contributed by atoms with Gasteiger partial charge >= 0.3 is 7.12 Å². The van der Waals surface area contributed by atoms with Crippen LogP contribution in [0.2, 0.25) is 0 Å². The lowest BCUT2D eigenvalue weighted by atomic mass is 9.77. The van der Waals surface area contributed by atoms with E-state index >= 15 is 0 Å². The molecule has 0 atom stereocenters. The summed E-state index contributed by atoms with van der Waals surface area (Å²) in [6.45, 7) is 8.18. The molecule has 0 spiro atoms. The van der Waals surface area contributed by atoms with Gasteiger partial charge in [0, 0.05) is 16.3 Å². The van der Waals surface area contributed by atoms with Crippen LogP contribution in [0.4, 0.5) is 0 Å². The van der Waals surface area contributed by atoms with Gasteiger partial charge < -0.3 is 18.1 Å². The van der Waals surface area contributed by atoms with Crippen molar-refractivity contribution in [2.24, 2.45) is 0 Å². The number of fused-ring (bicyclic) bond motifs is 5. The van der Waals surface area contributed by atoms with E-state index in [9.17, 15) is 0 Å². The van der Waals surface area contributed by atoms with E-state index in [2.05, 4.69) is 30.3 Å². The summed E-state index contributed by atoms with van der Waals surface area (Å²) in [6.07, 6.45) is 0. The summed E-state index contributed by atoms with van der Waals surface area (Å²) in [6, 6.07) is 24.6. The van der Waals surface area contributed by atoms with Crippen molar-refractivity contribution in [3.05, 3.63) is 72.8 Å². The Labute approximate surface area is 202 Å². The fourth-order valence-electron chi connectivity index (χ4n) is 4.89. The summed E-state index contributed by atoms with van der Waals surface area (Å²) in [7, 11) is -0.649. The fraction of sp³-hybridized carbons (Fsp3) is 0.207. The number of oxazole rings is 1. The van der Waals surface area contributed by atoms with E-state index < -0.39 is 18.3 Å². The fourth-order valence-corrected chi connectivity index (χ4v) is 4.89. The first-order chi connectivity index (χ1) is 16.8. The summed E-state index contributed by atoms with van der Waals surface area (Å²) in [5.41, 5.74) is 3.54. The minimum atomic E-state index is -0.649. The molecular weight excluding hydrogens is 437 g/mol. The largest absolute Gasteiger partial charge is 0.502 e. The Morgan fingerprint density at radius 1 is 0.686 bits per heavy atom. The van der Waals surface area contributed by atoms with Gasteiger partial charge in [0.25, 0.3) is 0 Å². The van der Waals surface area contributed by atoms with Crippen LogP contribution in [0.15, 0.2) is 81.6 Å². The molecule has 3 heterocycles. The maximum atomic E-state index is 6.46. The Bertz CT molecular complexity index is 1760. The number of furan rings is 1. The van der Waals surface area contributed by atoms with Crippen LogP contribution < -0.4 is 5.46 Å². The third kappa shape index (κ3) is 3.00. The summed E-state index contributed by atoms with van der Waals surface area (Å²) in [5.74, 6) is 0.556. The van der Waals surface area contributed by atoms with Crippen LogP contribution >= 0.6 is 0 Å². The number of para-hydroxylation sites is 1. The highest BCUT2D eigenvalue weighted by Gasteiger charge is 2.53. The summed E-state index contributed by atoms with van der Waals surface area (Å²) >= 11 is 0. The van der Waals surface area contributed by atoms with Gasteiger partial charge in [-0.15, -0.1) is 0 Å². The quantitative estimate of drug-likeness (QED) is 0.264. The van der Waals surface area contributed by atoms with E-state index in [4.69, 9.17) is 23.1 Å². The Morgan fingerprint density at radius 3 is 2.20 bits per heavy atom. The molecule has 0 radical (unpaired) electrons. The van der Waals surface area contributed by atoms with Crippen LogP contribution in [-0.2, 0) is 9.31 Å². The molecule has 4 aromatic carbocycles. The van der Waals surface area contributed by atoms with E-state index in [0.717, 1.165) is 38.3 Å². The van der Waals surface area contributed by atoms with Crippen LogP contribution in [-0.4, -0.2) is 23.3 Å². The minimum absolute atomic E-state index is 0.501. The lowest BCUT2D eigenvalue weighted by molar-refractivity contribution is 0.00578. The molecule has 0 bridgehead atoms. The van der Waals surface area contributed by atoms with Crippen molar-refractivity contribution in [2.45, 2.75) is 38.9 Å². The van der Waals surface area contributed by atoms with Crippen molar-refractivity contribution >= 4 is 56.4 Å². The molecule has 6 heteroatoms. The number of rotatable bonds is 2. The first-order valence-corrected chi connectivity index (χ1v) is 11.9. The van der Waals surface area contributed by atoms with Gasteiger partial charge in [-0.1, -0.05) is 48.5 Å². The third-order valence-corrected chi connectivity index (χ3v) is 7.54. The Balaban J connectivity index is 1.50. The highest BCUT2D eigenvalue weighted by atomic mass is 16.7. The van der Waals surface area contributed by atoms with Crippen molar-refractivity contribution < 1.29 is 18.1 Å². The molecule has 7 rings (SSSR count). The van der Waals surface area contributed by atoms with Crippen LogP contribution in [0, 0.1) is 0 Å². The molecule has 172 valence electrons. The van der Waals surface area contributed by atoms with E-state index in [1.165, 1.54) is 5.39 Å². The van der Waals surface area contributed by atoms with Gasteiger partial charge in [-0.2, -0.15) is 0 Å². The number of aromatic nitrogens is 1. The highest BCUT2D eigenvalue weighted by molar-refractivity contribution is 6.68. The summed E-state index contributed by atoms with van der Waals surface area (Å²) in [4.78, 5) is 4.91. The molecule has 1 aliphatic rings. The van der Waals surface area contributed by atoms with Crippen molar-refractivity contribution in [3.8, 4) is 11.5 Å². The molecule has 35 heavy (non-hydrogen) atoms. The van der Waals surface area contributed by atoms with Gasteiger partial charge in [-0.25, -0.2) is 4.98 Å². The first kappa shape index (κ1) is 20.7. The number of nitrogens with zero attached hydrogens (tertiary/aromatic N) is 1. The zero-order chi connectivity index (χ0) is 23.9. The normalized spacial score (nSPS) is 17.3. The Hall–Kier alpha value is -3.61. The van der Waals surface area contributed by atoms with Crippen molar-refractivity contribution in [2.75, 3.05) is 0 Å². The van der Waals surface area contributed by atoms with Crippen LogP contribution in [0.1, 0.15) is 27.7 Å². The second-order valence-corrected chi connectivity index (χ2v) is 10.3. The molecular formula is C29H24BNO4. The second kappa shape index (κ2) is 6.97. The van der Waals surface area contributed by atoms with Crippen molar-refractivity contribution in [1.29, 1.82) is 0 Å². The lowest BCUT2D eigenvalue weighted by Gasteiger charge is -2.32. The number of hydrogen-bond donors (Lipinski definition) is 0. The molecule has 1 fully saturated rings. The van der Waals surface area contributed by atoms with E-state index in [1.807, 2.05) is 70.2 Å². The van der Waals surface area contributed by atoms with Gasteiger partial charge in [-0.3, -0.25) is 0 Å². The van der Waals surface area contributed by atoms with Crippen LogP contribution in [0.3, 0.4) is 0 Å². The summed E-state index contributed by atoms with van der Waals surface area (Å²) in [5, 5.41) is 4.31. The topological polar surface area (TPSA) is 57.6 Å². The Kier molecular flexibility index (Phi) is 4.13. The predicted molar refractivity (Wildman–Crippen MR) is 140 cm³/mol. The van der Waals surface area contributed by atoms with Crippen molar-refractivity contribution in [1.82, 2.24) is 4.98 Å². The van der Waals surface area contributed by atoms with Gasteiger partial charge in [-0.05, 0) is 62.7 Å². The molecule has 2 aromatic heterocycles. The van der Waals surface area contributed by atoms with Gasteiger partial charge in [0.2, 0.25) is 5.89 Å². The van der Waals surface area contributed by atoms with Gasteiger partial charge in [0.05, 0.1) is 16.7 Å². The standard InChI is InChI=1S/C29H24BNO4/c1-28(2)29(3,4)35-30(34-28)24-25-21(20-11-7-8-12-23(20)32-25)16-22-26(24)33-27(31-22)19-14-13-17-9-5-6-10-18(17)15-19/h5-16H,1-4H3. The third-order valence-electron chi connectivity index (χ3n) is 7.54. The average molecular weight is 461 g/mol. The predicted octanol–water partition coefficient (Wildman–Crippen LogP) is 6.85. The van der Waals surface area contributed by atoms with Crippen LogP contribution in [0.25, 0.3) is 55.3 Å². The van der Waals surface area contributed by atoms with E-state index in [-0.39, 0.29) is 0 Å². The SMILES string of the molecule is CC1(C)OB(c2c3oc(-c4ccc5ccccc5c4)nc3cc3c2oc2ccccc23)OC1(C)C. The lowest BCUT2D eigenvalue weighted by Crippen LogP contribution is -2.41. The van der Waals surface area contributed by atoms with Gasteiger partial charge in [0.1, 0.15) is 16.7 Å². The minimum Gasteiger partial charge on any atom is -0.456 e. The molecule has 0 saturated carbocycles. The molecule has 0 amide bonds. The molecule has 0 unspecified atom stereocenters. The van der Waals surface area contributed by atoms with Crippen molar-refractivity contribution in [3.63, 3.8) is 0 Å². The zero-order valence-electron chi connectivity index (χ0n) is 20.1. The van der Waals surface area contributed by atoms with E-state index in [0.29, 0.717) is 17.1 Å². The zero-order valence-corrected chi connectivity index (χ0v) is 20.1. The first-order valence-electron chi connectivity index (χ1n) is 11.9. The molecule has 0 N–H and O–H groups in total. The highest BCUT2D eigenvalue weighted by Crippen LogP contribution is 2.40. The second-order valence-electron chi connectivity index (χ2n) is 10.3. The molecule has 0 aliphatic carbocycles.